The minimum atomic E-state index is -4.43. The summed E-state index contributed by atoms with van der Waals surface area (Å²) in [6.45, 7) is 0. The highest BCUT2D eigenvalue weighted by Crippen LogP contribution is 2.31. The fraction of sp³-hybridized carbons (Fsp3) is 0.200. The molecule has 0 fully saturated rings. The molecule has 0 aromatic heterocycles. The molecule has 1 atom stereocenters. The third kappa shape index (κ3) is 3.74. The van der Waals surface area contributed by atoms with Crippen LogP contribution in [0.1, 0.15) is 22.7 Å². The van der Waals surface area contributed by atoms with Gasteiger partial charge in [0.25, 0.3) is 0 Å². The Morgan fingerprint density at radius 1 is 1.10 bits per heavy atom. The number of rotatable bonds is 3. The number of alkyl halides is 3. The lowest BCUT2D eigenvalue weighted by atomic mass is 9.98. The highest BCUT2D eigenvalue weighted by Gasteiger charge is 2.30. The molecule has 0 aliphatic carbocycles. The maximum atomic E-state index is 13.8. The quantitative estimate of drug-likeness (QED) is 0.813. The van der Waals surface area contributed by atoms with Crippen LogP contribution in [0, 0.1) is 5.82 Å². The molecule has 0 aliphatic rings. The summed E-state index contributed by atoms with van der Waals surface area (Å²) in [5, 5.41) is -0.0382. The maximum absolute atomic E-state index is 13.8. The van der Waals surface area contributed by atoms with Crippen molar-refractivity contribution in [2.45, 2.75) is 18.6 Å². The van der Waals surface area contributed by atoms with Crippen molar-refractivity contribution in [3.05, 3.63) is 70.0 Å². The van der Waals surface area contributed by atoms with Gasteiger partial charge in [0.1, 0.15) is 5.82 Å². The lowest BCUT2D eigenvalue weighted by molar-refractivity contribution is -0.137. The fourth-order valence-electron chi connectivity index (χ4n) is 2.01. The summed E-state index contributed by atoms with van der Waals surface area (Å²) in [6.07, 6.45) is -4.37. The Morgan fingerprint density at radius 3 is 2.43 bits per heavy atom. The first-order chi connectivity index (χ1) is 9.79. The molecule has 0 heterocycles. The zero-order valence-electron chi connectivity index (χ0n) is 10.8. The number of benzene rings is 2. The Labute approximate surface area is 124 Å². The smallest absolute Gasteiger partial charge is 0.324 e. The van der Waals surface area contributed by atoms with Gasteiger partial charge in [-0.05, 0) is 35.7 Å². The minimum absolute atomic E-state index is 0.0382. The predicted molar refractivity (Wildman–Crippen MR) is 73.5 cm³/mol. The summed E-state index contributed by atoms with van der Waals surface area (Å²) < 4.78 is 51.7. The molecule has 6 heteroatoms. The molecule has 2 rings (SSSR count). The van der Waals surface area contributed by atoms with Crippen molar-refractivity contribution in [1.29, 1.82) is 0 Å². The molecular formula is C15H12ClF4N. The van der Waals surface area contributed by atoms with Crippen molar-refractivity contribution in [2.24, 2.45) is 5.73 Å². The van der Waals surface area contributed by atoms with E-state index in [0.717, 1.165) is 12.1 Å². The largest absolute Gasteiger partial charge is 0.416 e. The molecule has 2 N–H and O–H groups in total. The van der Waals surface area contributed by atoms with E-state index in [-0.39, 0.29) is 17.0 Å². The van der Waals surface area contributed by atoms with Gasteiger partial charge in [0.05, 0.1) is 10.6 Å². The lowest BCUT2D eigenvalue weighted by Crippen LogP contribution is -2.15. The summed E-state index contributed by atoms with van der Waals surface area (Å²) in [7, 11) is 0. The van der Waals surface area contributed by atoms with Crippen molar-refractivity contribution in [3.63, 3.8) is 0 Å². The van der Waals surface area contributed by atoms with Gasteiger partial charge < -0.3 is 5.73 Å². The Hall–Kier alpha value is -1.59. The van der Waals surface area contributed by atoms with Crippen molar-refractivity contribution < 1.29 is 17.6 Å². The highest BCUT2D eigenvalue weighted by molar-refractivity contribution is 6.30. The van der Waals surface area contributed by atoms with Crippen LogP contribution in [0.2, 0.25) is 5.02 Å². The van der Waals surface area contributed by atoms with Crippen LogP contribution in [0.25, 0.3) is 0 Å². The number of nitrogens with two attached hydrogens (primary N) is 1. The lowest BCUT2D eigenvalue weighted by Gasteiger charge is -2.15. The van der Waals surface area contributed by atoms with Crippen LogP contribution in [-0.4, -0.2) is 0 Å². The van der Waals surface area contributed by atoms with E-state index in [0.29, 0.717) is 5.56 Å². The highest BCUT2D eigenvalue weighted by atomic mass is 35.5. The van der Waals surface area contributed by atoms with Crippen LogP contribution >= 0.6 is 11.6 Å². The molecule has 21 heavy (non-hydrogen) atoms. The zero-order valence-corrected chi connectivity index (χ0v) is 11.5. The van der Waals surface area contributed by atoms with E-state index in [1.54, 1.807) is 6.07 Å². The van der Waals surface area contributed by atoms with E-state index in [9.17, 15) is 17.6 Å². The molecule has 0 bridgehead atoms. The summed E-state index contributed by atoms with van der Waals surface area (Å²) >= 11 is 5.66. The third-order valence-electron chi connectivity index (χ3n) is 3.11. The minimum Gasteiger partial charge on any atom is -0.324 e. The Kier molecular flexibility index (Phi) is 4.54. The molecule has 0 amide bonds. The molecule has 2 aromatic carbocycles. The van der Waals surface area contributed by atoms with Gasteiger partial charge in [-0.3, -0.25) is 0 Å². The van der Waals surface area contributed by atoms with Gasteiger partial charge in [0.15, 0.2) is 0 Å². The van der Waals surface area contributed by atoms with Crippen LogP contribution in [0.15, 0.2) is 42.5 Å². The van der Waals surface area contributed by atoms with Crippen LogP contribution in [0.5, 0.6) is 0 Å². The van der Waals surface area contributed by atoms with E-state index in [2.05, 4.69) is 0 Å². The van der Waals surface area contributed by atoms with Crippen molar-refractivity contribution >= 4 is 11.6 Å². The summed E-state index contributed by atoms with van der Waals surface area (Å²) in [5.41, 5.74) is 5.67. The number of hydrogen-bond donors (Lipinski definition) is 1. The number of halogens is 5. The molecule has 2 aromatic rings. The van der Waals surface area contributed by atoms with E-state index in [4.69, 9.17) is 17.3 Å². The second-order valence-corrected chi connectivity index (χ2v) is 5.05. The van der Waals surface area contributed by atoms with E-state index in [1.165, 1.54) is 24.3 Å². The normalized spacial score (nSPS) is 13.2. The predicted octanol–water partition coefficient (Wildman–Crippen LogP) is 4.74. The first-order valence-electron chi connectivity index (χ1n) is 6.14. The van der Waals surface area contributed by atoms with Gasteiger partial charge in [-0.15, -0.1) is 0 Å². The Morgan fingerprint density at radius 2 is 1.76 bits per heavy atom. The molecule has 0 radical (unpaired) electrons. The van der Waals surface area contributed by atoms with Gasteiger partial charge in [0.2, 0.25) is 0 Å². The van der Waals surface area contributed by atoms with Crippen LogP contribution in [-0.2, 0) is 12.6 Å². The van der Waals surface area contributed by atoms with Gasteiger partial charge in [-0.1, -0.05) is 35.9 Å². The van der Waals surface area contributed by atoms with Gasteiger partial charge in [0, 0.05) is 6.04 Å². The zero-order chi connectivity index (χ0) is 15.6. The topological polar surface area (TPSA) is 26.0 Å². The maximum Gasteiger partial charge on any atom is 0.416 e. The number of hydrogen-bond acceptors (Lipinski definition) is 1. The molecule has 0 saturated carbocycles. The first kappa shape index (κ1) is 15.8. The van der Waals surface area contributed by atoms with Crippen LogP contribution in [0.3, 0.4) is 0 Å². The molecule has 0 spiro atoms. The first-order valence-corrected chi connectivity index (χ1v) is 6.52. The average Bonchev–Trinajstić information content (AvgIpc) is 2.43. The molecule has 1 nitrogen and oxygen atoms in total. The van der Waals surface area contributed by atoms with Crippen molar-refractivity contribution in [1.82, 2.24) is 0 Å². The SMILES string of the molecule is NC(Cc1cccc(Cl)c1F)c1cccc(C(F)(F)F)c1. The van der Waals surface area contributed by atoms with Crippen LogP contribution < -0.4 is 5.73 Å². The second kappa shape index (κ2) is 6.03. The van der Waals surface area contributed by atoms with E-state index in [1.807, 2.05) is 0 Å². The summed E-state index contributed by atoms with van der Waals surface area (Å²) in [4.78, 5) is 0. The van der Waals surface area contributed by atoms with E-state index < -0.39 is 23.6 Å². The van der Waals surface area contributed by atoms with Gasteiger partial charge in [-0.25, -0.2) is 4.39 Å². The molecule has 112 valence electrons. The Balaban J connectivity index is 2.25. The van der Waals surface area contributed by atoms with Crippen molar-refractivity contribution in [3.8, 4) is 0 Å². The third-order valence-corrected chi connectivity index (χ3v) is 3.41. The summed E-state index contributed by atoms with van der Waals surface area (Å²) in [6, 6.07) is 8.45. The molecule has 0 aliphatic heterocycles. The average molecular weight is 318 g/mol. The van der Waals surface area contributed by atoms with Gasteiger partial charge in [-0.2, -0.15) is 13.2 Å². The monoisotopic (exact) mass is 317 g/mol. The summed E-state index contributed by atoms with van der Waals surface area (Å²) in [5.74, 6) is -0.596. The van der Waals surface area contributed by atoms with Crippen LogP contribution in [0.4, 0.5) is 17.6 Å². The van der Waals surface area contributed by atoms with E-state index >= 15 is 0 Å². The molecular weight excluding hydrogens is 306 g/mol. The standard InChI is InChI=1S/C15H12ClF4N/c16-12-6-2-4-10(14(12)17)8-13(21)9-3-1-5-11(7-9)15(18,19)20/h1-7,13H,8,21H2. The molecule has 0 saturated heterocycles. The Bertz CT molecular complexity index is 640. The molecule has 1 unspecified atom stereocenters. The fourth-order valence-corrected chi connectivity index (χ4v) is 2.20. The van der Waals surface area contributed by atoms with Crippen molar-refractivity contribution in [2.75, 3.05) is 0 Å². The second-order valence-electron chi connectivity index (χ2n) is 4.65. The van der Waals surface area contributed by atoms with Gasteiger partial charge >= 0.3 is 6.18 Å².